The molecule has 196 valence electrons. The van der Waals surface area contributed by atoms with E-state index in [0.717, 1.165) is 30.8 Å². The van der Waals surface area contributed by atoms with E-state index < -0.39 is 6.04 Å². The van der Waals surface area contributed by atoms with Crippen LogP contribution in [0.2, 0.25) is 0 Å². The van der Waals surface area contributed by atoms with Crippen LogP contribution in [0.3, 0.4) is 0 Å². The van der Waals surface area contributed by atoms with E-state index in [-0.39, 0.29) is 29.6 Å². The number of amides is 3. The molecular weight excluding hydrogens is 466 g/mol. The fourth-order valence-electron chi connectivity index (χ4n) is 5.63. The number of carbonyl (C=O) groups is 3. The molecule has 2 saturated heterocycles. The summed E-state index contributed by atoms with van der Waals surface area (Å²) in [6, 6.07) is 14.3. The van der Waals surface area contributed by atoms with E-state index in [1.54, 1.807) is 11.0 Å². The van der Waals surface area contributed by atoms with Gasteiger partial charge in [-0.2, -0.15) is 0 Å². The molecule has 7 nitrogen and oxygen atoms in total. The molecule has 7 heteroatoms. The van der Waals surface area contributed by atoms with Crippen LogP contribution in [0.5, 0.6) is 5.75 Å². The minimum absolute atomic E-state index is 0.152. The summed E-state index contributed by atoms with van der Waals surface area (Å²) in [7, 11) is 0. The maximum atomic E-state index is 12.9. The standard InChI is InChI=1S/C30H37N3O4/c1-30(2,3)22-9-7-20(8-10-22)17-32-15-5-4-6-23(32)19-37-24-11-12-25-21(16-24)18-33(29(25)36)26-13-14-27(34)31-28(26)35/h7-12,16,23,26H,4-6,13-15,17-19H2,1-3H3,(H,31,34,35). The van der Waals surface area contributed by atoms with Gasteiger partial charge in [0.05, 0.1) is 0 Å². The fraction of sp³-hybridized carbons (Fsp3) is 0.500. The molecule has 0 aliphatic carbocycles. The first-order valence-electron chi connectivity index (χ1n) is 13.4. The van der Waals surface area contributed by atoms with Gasteiger partial charge in [-0.3, -0.25) is 24.6 Å². The van der Waals surface area contributed by atoms with Gasteiger partial charge in [0, 0.05) is 31.1 Å². The summed E-state index contributed by atoms with van der Waals surface area (Å²) in [5, 5.41) is 2.35. The van der Waals surface area contributed by atoms with Gasteiger partial charge >= 0.3 is 0 Å². The van der Waals surface area contributed by atoms with Crippen LogP contribution in [0.1, 0.15) is 79.9 Å². The van der Waals surface area contributed by atoms with E-state index in [9.17, 15) is 14.4 Å². The van der Waals surface area contributed by atoms with Crippen molar-refractivity contribution in [1.29, 1.82) is 0 Å². The normalized spacial score (nSPS) is 22.7. The second-order valence-electron chi connectivity index (χ2n) is 11.6. The van der Waals surface area contributed by atoms with Gasteiger partial charge in [-0.1, -0.05) is 51.5 Å². The third kappa shape index (κ3) is 5.57. The Balaban J connectivity index is 1.21. The molecule has 0 spiro atoms. The molecule has 37 heavy (non-hydrogen) atoms. The Bertz CT molecular complexity index is 1180. The molecule has 3 aliphatic rings. The van der Waals surface area contributed by atoms with E-state index in [0.29, 0.717) is 31.2 Å². The number of ether oxygens (including phenoxy) is 1. The summed E-state index contributed by atoms with van der Waals surface area (Å²) < 4.78 is 6.26. The predicted molar refractivity (Wildman–Crippen MR) is 141 cm³/mol. The van der Waals surface area contributed by atoms with Crippen LogP contribution in [-0.2, 0) is 28.1 Å². The zero-order valence-corrected chi connectivity index (χ0v) is 22.1. The van der Waals surface area contributed by atoms with Gasteiger partial charge in [0.2, 0.25) is 11.8 Å². The molecule has 2 aromatic carbocycles. The highest BCUT2D eigenvalue weighted by atomic mass is 16.5. The lowest BCUT2D eigenvalue weighted by Gasteiger charge is -2.35. The molecule has 2 fully saturated rings. The van der Waals surface area contributed by atoms with Gasteiger partial charge in [-0.05, 0) is 66.1 Å². The zero-order chi connectivity index (χ0) is 26.2. The van der Waals surface area contributed by atoms with Crippen molar-refractivity contribution in [3.63, 3.8) is 0 Å². The van der Waals surface area contributed by atoms with Gasteiger partial charge in [-0.25, -0.2) is 0 Å². The number of rotatable bonds is 6. The lowest BCUT2D eigenvalue weighted by molar-refractivity contribution is -0.136. The third-order valence-corrected chi connectivity index (χ3v) is 7.89. The molecule has 1 N–H and O–H groups in total. The van der Waals surface area contributed by atoms with Crippen molar-refractivity contribution in [2.45, 2.75) is 83.5 Å². The number of hydrogen-bond acceptors (Lipinski definition) is 5. The number of hydrogen-bond donors (Lipinski definition) is 1. The average molecular weight is 504 g/mol. The van der Waals surface area contributed by atoms with Crippen molar-refractivity contribution in [3.05, 3.63) is 64.7 Å². The first kappa shape index (κ1) is 25.5. The van der Waals surface area contributed by atoms with Crippen LogP contribution in [0.4, 0.5) is 0 Å². The lowest BCUT2D eigenvalue weighted by Crippen LogP contribution is -2.52. The third-order valence-electron chi connectivity index (χ3n) is 7.89. The zero-order valence-electron chi connectivity index (χ0n) is 22.1. The van der Waals surface area contributed by atoms with Crippen molar-refractivity contribution in [2.75, 3.05) is 13.2 Å². The van der Waals surface area contributed by atoms with E-state index in [1.165, 1.54) is 24.0 Å². The van der Waals surface area contributed by atoms with Crippen LogP contribution in [0.25, 0.3) is 0 Å². The van der Waals surface area contributed by atoms with Gasteiger partial charge in [0.25, 0.3) is 5.91 Å². The topological polar surface area (TPSA) is 79.0 Å². The highest BCUT2D eigenvalue weighted by Crippen LogP contribution is 2.31. The summed E-state index contributed by atoms with van der Waals surface area (Å²) in [5.74, 6) is -0.0807. The summed E-state index contributed by atoms with van der Waals surface area (Å²) in [6.45, 7) is 9.65. The molecule has 5 rings (SSSR count). The van der Waals surface area contributed by atoms with Crippen molar-refractivity contribution in [1.82, 2.24) is 15.1 Å². The number of nitrogens with one attached hydrogen (secondary N) is 1. The van der Waals surface area contributed by atoms with Crippen LogP contribution >= 0.6 is 0 Å². The van der Waals surface area contributed by atoms with Crippen LogP contribution < -0.4 is 10.1 Å². The molecule has 0 radical (unpaired) electrons. The van der Waals surface area contributed by atoms with Crippen molar-refractivity contribution in [3.8, 4) is 5.75 Å². The first-order chi connectivity index (χ1) is 17.7. The Labute approximate surface area is 219 Å². The number of imide groups is 1. The minimum atomic E-state index is -0.602. The smallest absolute Gasteiger partial charge is 0.255 e. The molecule has 3 aliphatic heterocycles. The van der Waals surface area contributed by atoms with Gasteiger partial charge in [-0.15, -0.1) is 0 Å². The Kier molecular flexibility index (Phi) is 7.08. The second kappa shape index (κ2) is 10.3. The summed E-state index contributed by atoms with van der Waals surface area (Å²) in [5.41, 5.74) is 4.30. The predicted octanol–water partition coefficient (Wildman–Crippen LogP) is 4.18. The van der Waals surface area contributed by atoms with Crippen LogP contribution in [0, 0.1) is 0 Å². The molecule has 2 aromatic rings. The van der Waals surface area contributed by atoms with Crippen LogP contribution in [0.15, 0.2) is 42.5 Å². The Morgan fingerprint density at radius 2 is 1.78 bits per heavy atom. The monoisotopic (exact) mass is 503 g/mol. The van der Waals surface area contributed by atoms with Gasteiger partial charge < -0.3 is 9.64 Å². The van der Waals surface area contributed by atoms with E-state index in [1.807, 2.05) is 12.1 Å². The maximum Gasteiger partial charge on any atom is 0.255 e. The number of carbonyl (C=O) groups excluding carboxylic acids is 3. The minimum Gasteiger partial charge on any atom is -0.492 e. The van der Waals surface area contributed by atoms with E-state index in [2.05, 4.69) is 55.3 Å². The number of nitrogens with zero attached hydrogens (tertiary/aromatic N) is 2. The Morgan fingerprint density at radius 3 is 2.51 bits per heavy atom. The SMILES string of the molecule is CC(C)(C)c1ccc(CN2CCCCC2COc2ccc3c(c2)CN(C2CCC(=O)NC2=O)C3=O)cc1. The van der Waals surface area contributed by atoms with Crippen molar-refractivity contribution < 1.29 is 19.1 Å². The molecule has 0 aromatic heterocycles. The van der Waals surface area contributed by atoms with Crippen molar-refractivity contribution >= 4 is 17.7 Å². The molecule has 0 saturated carbocycles. The summed E-state index contributed by atoms with van der Waals surface area (Å²) in [6.07, 6.45) is 4.13. The summed E-state index contributed by atoms with van der Waals surface area (Å²) >= 11 is 0. The van der Waals surface area contributed by atoms with Crippen molar-refractivity contribution in [2.24, 2.45) is 0 Å². The number of piperidine rings is 2. The molecule has 2 atom stereocenters. The highest BCUT2D eigenvalue weighted by Gasteiger charge is 2.39. The largest absolute Gasteiger partial charge is 0.492 e. The average Bonchev–Trinajstić information content (AvgIpc) is 3.18. The Hall–Kier alpha value is -3.19. The molecule has 0 bridgehead atoms. The highest BCUT2D eigenvalue weighted by molar-refractivity contribution is 6.05. The summed E-state index contributed by atoms with van der Waals surface area (Å²) in [4.78, 5) is 40.8. The quantitative estimate of drug-likeness (QED) is 0.599. The fourth-order valence-corrected chi connectivity index (χ4v) is 5.63. The molecule has 3 heterocycles. The number of fused-ring (bicyclic) bond motifs is 1. The number of benzene rings is 2. The van der Waals surface area contributed by atoms with Crippen LogP contribution in [-0.4, -0.2) is 52.8 Å². The van der Waals surface area contributed by atoms with E-state index >= 15 is 0 Å². The molecular formula is C30H37N3O4. The molecule has 3 amide bonds. The second-order valence-corrected chi connectivity index (χ2v) is 11.6. The first-order valence-corrected chi connectivity index (χ1v) is 13.4. The maximum absolute atomic E-state index is 12.9. The number of likely N-dealkylation sites (tertiary alicyclic amines) is 1. The lowest BCUT2D eigenvalue weighted by atomic mass is 9.86. The van der Waals surface area contributed by atoms with Gasteiger partial charge in [0.1, 0.15) is 18.4 Å². The van der Waals surface area contributed by atoms with Gasteiger partial charge in [0.15, 0.2) is 0 Å². The molecule has 2 unspecified atom stereocenters. The Morgan fingerprint density at radius 1 is 1.00 bits per heavy atom. The van der Waals surface area contributed by atoms with E-state index in [4.69, 9.17) is 4.74 Å².